The fraction of sp³-hybridized carbons (Fsp3) is 0.143. The molecule has 4 aromatic rings. The second-order valence-electron chi connectivity index (χ2n) is 10.8. The molecule has 1 aliphatic rings. The number of hydrogen-bond acceptors (Lipinski definition) is 7. The van der Waals surface area contributed by atoms with Gasteiger partial charge in [0.2, 0.25) is 11.8 Å². The Morgan fingerprint density at radius 2 is 1.63 bits per heavy atom. The number of rotatable bonds is 10. The van der Waals surface area contributed by atoms with E-state index in [2.05, 4.69) is 24.5 Å². The van der Waals surface area contributed by atoms with Gasteiger partial charge in [-0.3, -0.25) is 29.3 Å². The molecule has 1 heterocycles. The molecule has 46 heavy (non-hydrogen) atoms. The number of carbonyl (C=O) groups excluding carboxylic acids is 4. The molecule has 1 fully saturated rings. The Hall–Kier alpha value is -5.55. The molecule has 4 amide bonds. The number of nitro benzene ring substituents is 1. The third-order valence-corrected chi connectivity index (χ3v) is 8.42. The van der Waals surface area contributed by atoms with Crippen molar-refractivity contribution in [2.45, 2.75) is 36.3 Å². The van der Waals surface area contributed by atoms with Crippen molar-refractivity contribution in [2.24, 2.45) is 0 Å². The van der Waals surface area contributed by atoms with Gasteiger partial charge in [-0.1, -0.05) is 62.4 Å². The van der Waals surface area contributed by atoms with Gasteiger partial charge in [0.15, 0.2) is 0 Å². The number of nitrogens with zero attached hydrogens (tertiary/aromatic N) is 2. The van der Waals surface area contributed by atoms with Crippen molar-refractivity contribution >= 4 is 58.5 Å². The van der Waals surface area contributed by atoms with E-state index in [0.29, 0.717) is 22.1 Å². The first kappa shape index (κ1) is 31.9. The summed E-state index contributed by atoms with van der Waals surface area (Å²) in [6.07, 6.45) is 1.56. The van der Waals surface area contributed by atoms with Crippen LogP contribution in [0.4, 0.5) is 17.1 Å². The SMILES string of the molecule is CC(C)c1ccc(/C=C(\NC(=O)c2ccccc2)C(=O)Nc2cccc(S[C@H]3CC(=O)N(c4ccc([N+](=O)[O-])cc4)C3=O)c2)cc1. The number of amides is 4. The van der Waals surface area contributed by atoms with Gasteiger partial charge in [0.25, 0.3) is 17.5 Å². The lowest BCUT2D eigenvalue weighted by molar-refractivity contribution is -0.384. The molecule has 1 aliphatic heterocycles. The van der Waals surface area contributed by atoms with Crippen LogP contribution in [0.1, 0.15) is 47.7 Å². The van der Waals surface area contributed by atoms with Crippen LogP contribution in [0.15, 0.2) is 114 Å². The molecule has 0 saturated carbocycles. The molecule has 2 N–H and O–H groups in total. The smallest absolute Gasteiger partial charge is 0.272 e. The molecule has 1 atom stereocenters. The molecule has 232 valence electrons. The highest BCUT2D eigenvalue weighted by atomic mass is 32.2. The molecule has 5 rings (SSSR count). The predicted molar refractivity (Wildman–Crippen MR) is 177 cm³/mol. The Balaban J connectivity index is 1.32. The van der Waals surface area contributed by atoms with Crippen LogP contribution in [0, 0.1) is 10.1 Å². The lowest BCUT2D eigenvalue weighted by Gasteiger charge is -2.15. The largest absolute Gasteiger partial charge is 0.321 e. The summed E-state index contributed by atoms with van der Waals surface area (Å²) in [6, 6.07) is 28.4. The van der Waals surface area contributed by atoms with Crippen LogP contribution >= 0.6 is 11.8 Å². The van der Waals surface area contributed by atoms with Crippen LogP contribution in [0.25, 0.3) is 6.08 Å². The predicted octanol–water partition coefficient (Wildman–Crippen LogP) is 6.55. The minimum Gasteiger partial charge on any atom is -0.321 e. The summed E-state index contributed by atoms with van der Waals surface area (Å²) in [7, 11) is 0. The third-order valence-electron chi connectivity index (χ3n) is 7.24. The van der Waals surface area contributed by atoms with E-state index in [9.17, 15) is 29.3 Å². The molecule has 0 spiro atoms. The number of hydrogen-bond donors (Lipinski definition) is 2. The average molecular weight is 635 g/mol. The number of non-ortho nitro benzene ring substituents is 1. The normalized spacial score (nSPS) is 14.8. The van der Waals surface area contributed by atoms with Crippen molar-refractivity contribution in [1.29, 1.82) is 0 Å². The molecular weight excluding hydrogens is 604 g/mol. The summed E-state index contributed by atoms with van der Waals surface area (Å²) in [5, 5.41) is 15.8. The number of benzene rings is 4. The molecule has 11 heteroatoms. The van der Waals surface area contributed by atoms with E-state index in [4.69, 9.17) is 0 Å². The van der Waals surface area contributed by atoms with Gasteiger partial charge in [-0.05, 0) is 65.6 Å². The van der Waals surface area contributed by atoms with Crippen LogP contribution in [0.3, 0.4) is 0 Å². The van der Waals surface area contributed by atoms with Crippen LogP contribution in [0.5, 0.6) is 0 Å². The molecule has 1 saturated heterocycles. The summed E-state index contributed by atoms with van der Waals surface area (Å²) >= 11 is 1.18. The van der Waals surface area contributed by atoms with E-state index in [1.807, 2.05) is 24.3 Å². The van der Waals surface area contributed by atoms with Crippen LogP contribution in [-0.2, 0) is 14.4 Å². The topological polar surface area (TPSA) is 139 Å². The van der Waals surface area contributed by atoms with Crippen molar-refractivity contribution in [1.82, 2.24) is 5.32 Å². The third kappa shape index (κ3) is 7.56. The zero-order chi connectivity index (χ0) is 32.8. The van der Waals surface area contributed by atoms with Crippen molar-refractivity contribution < 1.29 is 24.1 Å². The number of nitrogens with one attached hydrogen (secondary N) is 2. The zero-order valence-electron chi connectivity index (χ0n) is 25.0. The Labute approximate surface area is 269 Å². The number of thioether (sulfide) groups is 1. The minimum absolute atomic E-state index is 0.0412. The van der Waals surface area contributed by atoms with Gasteiger partial charge < -0.3 is 10.6 Å². The van der Waals surface area contributed by atoms with Gasteiger partial charge in [-0.2, -0.15) is 0 Å². The minimum atomic E-state index is -0.719. The molecule has 0 aromatic heterocycles. The standard InChI is InChI=1S/C35H30N4O6S/c1-22(2)24-13-11-23(12-14-24)19-30(37-33(41)25-7-4-3-5-8-25)34(42)36-26-9-6-10-29(20-26)46-31-21-32(40)38(35(31)43)27-15-17-28(18-16-27)39(44)45/h3-20,22,31H,21H2,1-2H3,(H,36,42)(H,37,41)/b30-19-/t31-/m0/s1. The molecule has 0 aliphatic carbocycles. The van der Waals surface area contributed by atoms with Gasteiger partial charge >= 0.3 is 0 Å². The highest BCUT2D eigenvalue weighted by Crippen LogP contribution is 2.35. The summed E-state index contributed by atoms with van der Waals surface area (Å²) in [5.41, 5.74) is 2.86. The van der Waals surface area contributed by atoms with E-state index in [1.54, 1.807) is 60.7 Å². The van der Waals surface area contributed by atoms with E-state index in [0.717, 1.165) is 16.0 Å². The maximum absolute atomic E-state index is 13.5. The van der Waals surface area contributed by atoms with Crippen LogP contribution < -0.4 is 15.5 Å². The van der Waals surface area contributed by atoms with E-state index in [1.165, 1.54) is 36.0 Å². The zero-order valence-corrected chi connectivity index (χ0v) is 25.8. The van der Waals surface area contributed by atoms with E-state index >= 15 is 0 Å². The first-order chi connectivity index (χ1) is 22.1. The fourth-order valence-corrected chi connectivity index (χ4v) is 5.90. The number of anilines is 2. The summed E-state index contributed by atoms with van der Waals surface area (Å²) in [6.45, 7) is 4.18. The maximum atomic E-state index is 13.5. The Kier molecular flexibility index (Phi) is 9.73. The molecule has 4 aromatic carbocycles. The quantitative estimate of drug-likeness (QED) is 0.0873. The second-order valence-corrected chi connectivity index (χ2v) is 12.1. The molecule has 0 radical (unpaired) electrons. The van der Waals surface area contributed by atoms with Gasteiger partial charge in [0.05, 0.1) is 15.9 Å². The van der Waals surface area contributed by atoms with Gasteiger partial charge in [-0.15, -0.1) is 11.8 Å². The van der Waals surface area contributed by atoms with E-state index < -0.39 is 33.8 Å². The lowest BCUT2D eigenvalue weighted by Crippen LogP contribution is -2.31. The maximum Gasteiger partial charge on any atom is 0.272 e. The second kappa shape index (κ2) is 14.0. The van der Waals surface area contributed by atoms with Crippen molar-refractivity contribution in [2.75, 3.05) is 10.2 Å². The molecule has 0 unspecified atom stereocenters. The first-order valence-electron chi connectivity index (χ1n) is 14.5. The summed E-state index contributed by atoms with van der Waals surface area (Å²) in [4.78, 5) is 64.5. The summed E-state index contributed by atoms with van der Waals surface area (Å²) in [5.74, 6) is -1.49. The van der Waals surface area contributed by atoms with Crippen LogP contribution in [0.2, 0.25) is 0 Å². The van der Waals surface area contributed by atoms with Gasteiger partial charge in [0.1, 0.15) is 5.70 Å². The Bertz CT molecular complexity index is 1820. The average Bonchev–Trinajstić information content (AvgIpc) is 3.33. The number of nitro groups is 1. The highest BCUT2D eigenvalue weighted by molar-refractivity contribution is 8.00. The number of imide groups is 1. The summed E-state index contributed by atoms with van der Waals surface area (Å²) < 4.78 is 0. The van der Waals surface area contributed by atoms with Crippen molar-refractivity contribution in [3.63, 3.8) is 0 Å². The first-order valence-corrected chi connectivity index (χ1v) is 15.3. The van der Waals surface area contributed by atoms with Crippen molar-refractivity contribution in [3.05, 3.63) is 136 Å². The molecule has 0 bridgehead atoms. The Morgan fingerprint density at radius 3 is 2.28 bits per heavy atom. The monoisotopic (exact) mass is 634 g/mol. The van der Waals surface area contributed by atoms with Gasteiger partial charge in [-0.25, -0.2) is 4.90 Å². The van der Waals surface area contributed by atoms with E-state index in [-0.39, 0.29) is 23.5 Å². The van der Waals surface area contributed by atoms with Gasteiger partial charge in [0, 0.05) is 34.7 Å². The van der Waals surface area contributed by atoms with Crippen LogP contribution in [-0.4, -0.2) is 33.8 Å². The Morgan fingerprint density at radius 1 is 0.935 bits per heavy atom. The van der Waals surface area contributed by atoms with Crippen molar-refractivity contribution in [3.8, 4) is 0 Å². The lowest BCUT2D eigenvalue weighted by atomic mass is 10.0. The fourth-order valence-electron chi connectivity index (χ4n) is 4.79. The highest BCUT2D eigenvalue weighted by Gasteiger charge is 2.40. The number of carbonyl (C=O) groups is 4. The molecular formula is C35H30N4O6S. The molecule has 10 nitrogen and oxygen atoms in total.